The van der Waals surface area contributed by atoms with Crippen molar-refractivity contribution in [3.05, 3.63) is 0 Å². The highest BCUT2D eigenvalue weighted by molar-refractivity contribution is 6.33. The van der Waals surface area contributed by atoms with Crippen molar-refractivity contribution in [2.45, 2.75) is 0 Å². The summed E-state index contributed by atoms with van der Waals surface area (Å²) in [6.45, 7) is 0. The Morgan fingerprint density at radius 2 is 1.20 bits per heavy atom. The molecule has 0 saturated heterocycles. The lowest BCUT2D eigenvalue weighted by Gasteiger charge is -1.49. The Labute approximate surface area is 45.5 Å². The van der Waals surface area contributed by atoms with Crippen LogP contribution in [0.5, 0.6) is 0 Å². The zero-order valence-corrected chi connectivity index (χ0v) is 4.48. The summed E-state index contributed by atoms with van der Waals surface area (Å²) in [5.41, 5.74) is 0. The van der Waals surface area contributed by atoms with Gasteiger partial charge in [0, 0.05) is 0 Å². The number of nitrogens with one attached hydrogen (secondary N) is 1. The van der Waals surface area contributed by atoms with Gasteiger partial charge in [-0.2, -0.15) is 0 Å². The van der Waals surface area contributed by atoms with Crippen LogP contribution < -0.4 is 9.61 Å². The maximum absolute atomic E-state index is 4.51. The van der Waals surface area contributed by atoms with Gasteiger partial charge in [0.2, 0.25) is 0 Å². The molecule has 0 atom stereocenters. The molecule has 0 aliphatic heterocycles. The van der Waals surface area contributed by atoms with E-state index in [1.54, 1.807) is 4.35 Å². The molecule has 0 radical (unpaired) electrons. The van der Waals surface area contributed by atoms with E-state index in [1.807, 2.05) is 0 Å². The third-order valence-electron chi connectivity index (χ3n) is 0. The molecule has 5 heteroatoms. The minimum atomic E-state index is 1.69. The molecule has 5 heavy (non-hydrogen) atoms. The molecule has 0 aromatic rings. The molecule has 2 nitrogen and oxygen atoms in total. The van der Waals surface area contributed by atoms with E-state index in [2.05, 4.69) is 40.6 Å². The zero-order valence-electron chi connectivity index (χ0n) is 2.21. The van der Waals surface area contributed by atoms with E-state index >= 15 is 0 Å². The minimum absolute atomic E-state index is 1.69. The van der Waals surface area contributed by atoms with Gasteiger partial charge in [-0.15, -0.1) is 4.35 Å². The van der Waals surface area contributed by atoms with Crippen molar-refractivity contribution in [3.8, 4) is 0 Å². The number of halogens is 3. The van der Waals surface area contributed by atoms with Gasteiger partial charge in [-0.3, -0.25) is 0 Å². The standard InChI is InChI=1S/Cl2HN.ClH2N/c1-3-2;1-2/h3H;2H2. The van der Waals surface area contributed by atoms with Crippen molar-refractivity contribution in [2.24, 2.45) is 5.25 Å². The highest BCUT2D eigenvalue weighted by atomic mass is 35.5. The molecule has 0 amide bonds. The average molecular weight is 137 g/mol. The molecule has 3 N–H and O–H groups in total. The maximum atomic E-state index is 4.51. The van der Waals surface area contributed by atoms with Crippen LogP contribution in [-0.2, 0) is 0 Å². The Bertz CT molecular complexity index is 4.85. The van der Waals surface area contributed by atoms with Crippen molar-refractivity contribution >= 4 is 35.3 Å². The first-order chi connectivity index (χ1) is 2.41. The van der Waals surface area contributed by atoms with E-state index < -0.39 is 0 Å². The molecule has 0 unspecified atom stereocenters. The summed E-state index contributed by atoms with van der Waals surface area (Å²) in [4.78, 5) is 0. The van der Waals surface area contributed by atoms with Crippen LogP contribution in [0.4, 0.5) is 0 Å². The molecule has 0 aromatic heterocycles. The van der Waals surface area contributed by atoms with Gasteiger partial charge in [0.25, 0.3) is 0 Å². The van der Waals surface area contributed by atoms with E-state index in [1.165, 1.54) is 0 Å². The first kappa shape index (κ1) is 9.25. The number of nitrogens with two attached hydrogens (primary N) is 1. The first-order valence-electron chi connectivity index (χ1n) is 0.596. The highest BCUT2D eigenvalue weighted by Crippen LogP contribution is 1.57. The Morgan fingerprint density at radius 1 is 1.20 bits per heavy atom. The summed E-state index contributed by atoms with van der Waals surface area (Å²) in [6, 6.07) is 0. The van der Waals surface area contributed by atoms with E-state index in [0.717, 1.165) is 0 Å². The number of hydrogen-bond acceptors (Lipinski definition) is 2. The lowest BCUT2D eigenvalue weighted by molar-refractivity contribution is 1.69. The Balaban J connectivity index is 0. The summed E-state index contributed by atoms with van der Waals surface area (Å²) >= 11 is 13.2. The van der Waals surface area contributed by atoms with Crippen molar-refractivity contribution in [3.63, 3.8) is 0 Å². The summed E-state index contributed by atoms with van der Waals surface area (Å²) in [5.74, 6) is 0. The number of rotatable bonds is 0. The predicted molar refractivity (Wildman–Crippen MR) is 24.9 cm³/mol. The van der Waals surface area contributed by atoms with E-state index in [0.29, 0.717) is 0 Å². The Morgan fingerprint density at radius 3 is 1.20 bits per heavy atom. The van der Waals surface area contributed by atoms with Crippen LogP contribution in [0.2, 0.25) is 0 Å². The van der Waals surface area contributed by atoms with Gasteiger partial charge in [0.1, 0.15) is 0 Å². The molecular weight excluding hydrogens is 134 g/mol. The van der Waals surface area contributed by atoms with Gasteiger partial charge in [0.05, 0.1) is 0 Å². The Kier molecular flexibility index (Phi) is 39.7. The molecule has 0 spiro atoms. The average Bonchev–Trinajstić information content (AvgIpc) is 1.46. The van der Waals surface area contributed by atoms with Crippen LogP contribution in [0.25, 0.3) is 0 Å². The van der Waals surface area contributed by atoms with Crippen LogP contribution in [0, 0.1) is 0 Å². The SMILES string of the molecule is ClNCl.NCl. The first-order valence-corrected chi connectivity index (χ1v) is 1.79. The fourth-order valence-corrected chi connectivity index (χ4v) is 0. The molecule has 0 aliphatic rings. The largest absolute Gasteiger partial charge is 0.247 e. The topological polar surface area (TPSA) is 38.0 Å². The number of hydrogen-bond donors (Lipinski definition) is 2. The van der Waals surface area contributed by atoms with Crippen LogP contribution in [0.1, 0.15) is 0 Å². The van der Waals surface area contributed by atoms with Gasteiger partial charge in [-0.05, 0) is 35.3 Å². The summed E-state index contributed by atoms with van der Waals surface area (Å²) in [5, 5.41) is 3.97. The molecule has 0 saturated carbocycles. The van der Waals surface area contributed by atoms with Crippen LogP contribution in [-0.4, -0.2) is 0 Å². The zero-order chi connectivity index (χ0) is 4.71. The molecule has 0 aliphatic carbocycles. The maximum Gasteiger partial charge on any atom is -0.00838 e. The van der Waals surface area contributed by atoms with E-state index in [-0.39, 0.29) is 0 Å². The highest BCUT2D eigenvalue weighted by Gasteiger charge is 1.34. The second-order valence-corrected chi connectivity index (χ2v) is 0.643. The fraction of sp³-hybridized carbons (Fsp3) is 0. The monoisotopic (exact) mass is 136 g/mol. The quantitative estimate of drug-likeness (QED) is 0.489. The second-order valence-electron chi connectivity index (χ2n) is 0.0714. The minimum Gasteiger partial charge on any atom is -0.247 e. The van der Waals surface area contributed by atoms with Gasteiger partial charge in [-0.1, -0.05) is 0 Å². The molecular formula is H3Cl3N2. The summed E-state index contributed by atoms with van der Waals surface area (Å²) < 4.78 is 1.69. The smallest absolute Gasteiger partial charge is 0.00838 e. The predicted octanol–water partition coefficient (Wildman–Crippen LogP) is 0.982. The van der Waals surface area contributed by atoms with E-state index in [4.69, 9.17) is 0 Å². The normalized spacial score (nSPS) is 4.80. The fourth-order valence-electron chi connectivity index (χ4n) is 0. The molecule has 0 heterocycles. The second kappa shape index (κ2) is 21.5. The summed E-state index contributed by atoms with van der Waals surface area (Å²) in [6.07, 6.45) is 0. The molecule has 0 rings (SSSR count). The van der Waals surface area contributed by atoms with Gasteiger partial charge < -0.3 is 0 Å². The van der Waals surface area contributed by atoms with Crippen molar-refractivity contribution < 1.29 is 0 Å². The van der Waals surface area contributed by atoms with E-state index in [9.17, 15) is 0 Å². The van der Waals surface area contributed by atoms with Gasteiger partial charge >= 0.3 is 0 Å². The van der Waals surface area contributed by atoms with Crippen molar-refractivity contribution in [1.82, 2.24) is 4.35 Å². The van der Waals surface area contributed by atoms with Crippen molar-refractivity contribution in [2.75, 3.05) is 0 Å². The van der Waals surface area contributed by atoms with Gasteiger partial charge in [-0.25, -0.2) is 5.25 Å². The van der Waals surface area contributed by atoms with Crippen LogP contribution >= 0.6 is 35.3 Å². The van der Waals surface area contributed by atoms with Crippen LogP contribution in [0.15, 0.2) is 0 Å². The van der Waals surface area contributed by atoms with Crippen molar-refractivity contribution in [1.29, 1.82) is 0 Å². The molecule has 0 bridgehead atoms. The summed E-state index contributed by atoms with van der Waals surface area (Å²) in [7, 11) is 0. The van der Waals surface area contributed by atoms with Gasteiger partial charge in [0.15, 0.2) is 0 Å². The lowest BCUT2D eigenvalue weighted by Crippen LogP contribution is -1.59. The molecule has 0 aromatic carbocycles. The third-order valence-corrected chi connectivity index (χ3v) is 0. The lowest BCUT2D eigenvalue weighted by atomic mass is 13.9. The molecule has 34 valence electrons. The molecule has 0 fully saturated rings. The Hall–Kier alpha value is 0.790. The van der Waals surface area contributed by atoms with Crippen LogP contribution in [0.3, 0.4) is 0 Å². The third kappa shape index (κ3) is 59.7.